The second-order valence-electron chi connectivity index (χ2n) is 6.49. The van der Waals surface area contributed by atoms with Crippen LogP contribution in [0.4, 0.5) is 5.69 Å². The van der Waals surface area contributed by atoms with E-state index >= 15 is 0 Å². The predicted octanol–water partition coefficient (Wildman–Crippen LogP) is 2.56. The van der Waals surface area contributed by atoms with Crippen molar-refractivity contribution in [3.05, 3.63) is 23.8 Å². The summed E-state index contributed by atoms with van der Waals surface area (Å²) in [5, 5.41) is 3.48. The van der Waals surface area contributed by atoms with Crippen molar-refractivity contribution in [3.8, 4) is 5.75 Å². The van der Waals surface area contributed by atoms with Crippen LogP contribution in [0, 0.1) is 0 Å². The molecular weight excluding hydrogens is 292 g/mol. The lowest BCUT2D eigenvalue weighted by Gasteiger charge is -2.25. The van der Waals surface area contributed by atoms with E-state index in [0.717, 1.165) is 50.3 Å². The quantitative estimate of drug-likeness (QED) is 0.817. The van der Waals surface area contributed by atoms with E-state index < -0.39 is 0 Å². The van der Waals surface area contributed by atoms with Gasteiger partial charge in [-0.15, -0.1) is 0 Å². The molecule has 0 spiro atoms. The van der Waals surface area contributed by atoms with Crippen LogP contribution in [-0.2, 0) is 4.74 Å². The number of benzene rings is 1. The Morgan fingerprint density at radius 3 is 2.87 bits per heavy atom. The summed E-state index contributed by atoms with van der Waals surface area (Å²) in [7, 11) is 2.15. The summed E-state index contributed by atoms with van der Waals surface area (Å²) in [4.78, 5) is 13.6. The Morgan fingerprint density at radius 1 is 1.35 bits per heavy atom. The maximum Gasteiger partial charge on any atom is 0.152 e. The summed E-state index contributed by atoms with van der Waals surface area (Å²) in [6, 6.07) is 6.52. The lowest BCUT2D eigenvalue weighted by atomic mass is 10.1. The summed E-state index contributed by atoms with van der Waals surface area (Å²) in [6.45, 7) is 3.40. The van der Waals surface area contributed by atoms with Crippen LogP contribution < -0.4 is 10.1 Å². The predicted molar refractivity (Wildman–Crippen MR) is 90.4 cm³/mol. The maximum atomic E-state index is 11.3. The Morgan fingerprint density at radius 2 is 2.17 bits per heavy atom. The molecule has 5 heteroatoms. The highest BCUT2D eigenvalue weighted by atomic mass is 16.5. The monoisotopic (exact) mass is 318 g/mol. The Hall–Kier alpha value is -1.59. The second-order valence-corrected chi connectivity index (χ2v) is 6.49. The molecule has 2 aliphatic heterocycles. The van der Waals surface area contributed by atoms with Crippen molar-refractivity contribution in [2.75, 3.05) is 38.7 Å². The van der Waals surface area contributed by atoms with Gasteiger partial charge in [0.1, 0.15) is 12.4 Å². The molecule has 1 N–H and O–H groups in total. The molecule has 126 valence electrons. The van der Waals surface area contributed by atoms with Gasteiger partial charge in [0.2, 0.25) is 0 Å². The number of hydrogen-bond acceptors (Lipinski definition) is 5. The average Bonchev–Trinajstić information content (AvgIpc) is 2.99. The van der Waals surface area contributed by atoms with E-state index in [1.165, 1.54) is 12.8 Å². The van der Waals surface area contributed by atoms with E-state index in [1.54, 1.807) is 0 Å². The normalized spacial score (nSPS) is 22.9. The van der Waals surface area contributed by atoms with Crippen molar-refractivity contribution in [1.29, 1.82) is 0 Å². The van der Waals surface area contributed by atoms with Crippen molar-refractivity contribution in [3.63, 3.8) is 0 Å². The van der Waals surface area contributed by atoms with E-state index in [9.17, 15) is 4.79 Å². The highest BCUT2D eigenvalue weighted by molar-refractivity contribution is 5.84. The lowest BCUT2D eigenvalue weighted by Crippen LogP contribution is -2.30. The number of likely N-dealkylation sites (tertiary alicyclic amines) is 1. The Balaban J connectivity index is 1.64. The molecule has 0 radical (unpaired) electrons. The number of aldehydes is 1. The highest BCUT2D eigenvalue weighted by Crippen LogP contribution is 2.25. The molecule has 0 amide bonds. The molecular formula is C18H26N2O3. The van der Waals surface area contributed by atoms with Crippen LogP contribution in [0.25, 0.3) is 0 Å². The van der Waals surface area contributed by atoms with Gasteiger partial charge in [0.15, 0.2) is 6.29 Å². The van der Waals surface area contributed by atoms with E-state index in [0.29, 0.717) is 24.3 Å². The van der Waals surface area contributed by atoms with Crippen molar-refractivity contribution in [2.24, 2.45) is 0 Å². The molecule has 1 atom stereocenters. The third-order valence-corrected chi connectivity index (χ3v) is 4.85. The van der Waals surface area contributed by atoms with E-state index in [-0.39, 0.29) is 0 Å². The van der Waals surface area contributed by atoms with E-state index in [1.807, 2.05) is 18.2 Å². The SMILES string of the molecule is CN1CCCC1COc1ccc(C=O)c(NC2CCOCC2)c1. The fraction of sp³-hybridized carbons (Fsp3) is 0.611. The Kier molecular flexibility index (Phi) is 5.51. The first kappa shape index (κ1) is 16.3. The molecule has 2 aliphatic rings. The minimum atomic E-state index is 0.360. The molecule has 1 aromatic carbocycles. The molecule has 1 aromatic rings. The van der Waals surface area contributed by atoms with Crippen molar-refractivity contribution < 1.29 is 14.3 Å². The van der Waals surface area contributed by atoms with Gasteiger partial charge in [-0.05, 0) is 51.4 Å². The number of hydrogen-bond donors (Lipinski definition) is 1. The van der Waals surface area contributed by atoms with Crippen LogP contribution in [0.3, 0.4) is 0 Å². The number of nitrogens with zero attached hydrogens (tertiary/aromatic N) is 1. The average molecular weight is 318 g/mol. The van der Waals surface area contributed by atoms with Gasteiger partial charge in [-0.3, -0.25) is 4.79 Å². The molecule has 1 unspecified atom stereocenters. The Labute approximate surface area is 137 Å². The number of likely N-dealkylation sites (N-methyl/N-ethyl adjacent to an activating group) is 1. The van der Waals surface area contributed by atoms with Crippen LogP contribution in [0.15, 0.2) is 18.2 Å². The number of ether oxygens (including phenoxy) is 2. The molecule has 3 rings (SSSR count). The molecule has 0 aliphatic carbocycles. The van der Waals surface area contributed by atoms with Gasteiger partial charge in [0.05, 0.1) is 0 Å². The van der Waals surface area contributed by atoms with Gasteiger partial charge < -0.3 is 19.7 Å². The molecule has 0 aromatic heterocycles. The second kappa shape index (κ2) is 7.79. The van der Waals surface area contributed by atoms with E-state index in [2.05, 4.69) is 17.3 Å². The summed E-state index contributed by atoms with van der Waals surface area (Å²) in [6.07, 6.45) is 5.27. The summed E-state index contributed by atoms with van der Waals surface area (Å²) >= 11 is 0. The zero-order chi connectivity index (χ0) is 16.1. The summed E-state index contributed by atoms with van der Waals surface area (Å²) in [5.74, 6) is 0.824. The summed E-state index contributed by atoms with van der Waals surface area (Å²) in [5.41, 5.74) is 1.55. The number of rotatable bonds is 6. The smallest absolute Gasteiger partial charge is 0.152 e. The van der Waals surface area contributed by atoms with Crippen molar-refractivity contribution in [1.82, 2.24) is 4.90 Å². The van der Waals surface area contributed by atoms with Crippen molar-refractivity contribution >= 4 is 12.0 Å². The summed E-state index contributed by atoms with van der Waals surface area (Å²) < 4.78 is 11.4. The Bertz CT molecular complexity index is 529. The first-order valence-electron chi connectivity index (χ1n) is 8.53. The van der Waals surface area contributed by atoms with Crippen LogP contribution in [0.2, 0.25) is 0 Å². The molecule has 5 nitrogen and oxygen atoms in total. The van der Waals surface area contributed by atoms with Gasteiger partial charge in [0, 0.05) is 42.6 Å². The number of carbonyl (C=O) groups is 1. The van der Waals surface area contributed by atoms with E-state index in [4.69, 9.17) is 9.47 Å². The third-order valence-electron chi connectivity index (χ3n) is 4.85. The maximum absolute atomic E-state index is 11.3. The number of nitrogens with one attached hydrogen (secondary N) is 1. The fourth-order valence-corrected chi connectivity index (χ4v) is 3.30. The first-order chi connectivity index (χ1) is 11.3. The number of carbonyl (C=O) groups excluding carboxylic acids is 1. The van der Waals surface area contributed by atoms with Gasteiger partial charge >= 0.3 is 0 Å². The van der Waals surface area contributed by atoms with Gasteiger partial charge in [-0.1, -0.05) is 0 Å². The molecule has 0 saturated carbocycles. The number of anilines is 1. The highest BCUT2D eigenvalue weighted by Gasteiger charge is 2.21. The van der Waals surface area contributed by atoms with Gasteiger partial charge in [-0.25, -0.2) is 0 Å². The third kappa shape index (κ3) is 4.24. The topological polar surface area (TPSA) is 50.8 Å². The zero-order valence-corrected chi connectivity index (χ0v) is 13.8. The van der Waals surface area contributed by atoms with Crippen LogP contribution in [0.1, 0.15) is 36.0 Å². The van der Waals surface area contributed by atoms with Crippen LogP contribution in [0.5, 0.6) is 5.75 Å². The van der Waals surface area contributed by atoms with Gasteiger partial charge in [0.25, 0.3) is 0 Å². The first-order valence-corrected chi connectivity index (χ1v) is 8.53. The fourth-order valence-electron chi connectivity index (χ4n) is 3.30. The minimum absolute atomic E-state index is 0.360. The van der Waals surface area contributed by atoms with Gasteiger partial charge in [-0.2, -0.15) is 0 Å². The van der Waals surface area contributed by atoms with Crippen LogP contribution >= 0.6 is 0 Å². The van der Waals surface area contributed by atoms with Crippen LogP contribution in [-0.4, -0.2) is 56.7 Å². The zero-order valence-electron chi connectivity index (χ0n) is 13.8. The molecule has 2 saturated heterocycles. The lowest BCUT2D eigenvalue weighted by molar-refractivity contribution is 0.0904. The molecule has 2 fully saturated rings. The molecule has 23 heavy (non-hydrogen) atoms. The molecule has 2 heterocycles. The molecule has 0 bridgehead atoms. The van der Waals surface area contributed by atoms with Crippen molar-refractivity contribution in [2.45, 2.75) is 37.8 Å². The standard InChI is InChI=1S/C18H26N2O3/c1-20-8-2-3-16(20)13-23-17-5-4-14(12-21)18(11-17)19-15-6-9-22-10-7-15/h4-5,11-12,15-16,19H,2-3,6-10,13H2,1H3. The minimum Gasteiger partial charge on any atom is -0.492 e. The largest absolute Gasteiger partial charge is 0.492 e.